The van der Waals surface area contributed by atoms with Crippen molar-refractivity contribution in [1.82, 2.24) is 0 Å². The smallest absolute Gasteiger partial charge is 0.119 e. The molecule has 0 saturated heterocycles. The summed E-state index contributed by atoms with van der Waals surface area (Å²) >= 11 is 0. The van der Waals surface area contributed by atoms with E-state index < -0.39 is 5.60 Å². The van der Waals surface area contributed by atoms with Gasteiger partial charge >= 0.3 is 0 Å². The predicted octanol–water partition coefficient (Wildman–Crippen LogP) is 3.32. The van der Waals surface area contributed by atoms with Gasteiger partial charge in [0.25, 0.3) is 0 Å². The quantitative estimate of drug-likeness (QED) is 0.800. The highest BCUT2D eigenvalue weighted by Gasteiger charge is 2.18. The zero-order chi connectivity index (χ0) is 12.0. The SMILES string of the molecule is CCCC(C)(O)CCOc1ccc(C)cc1. The van der Waals surface area contributed by atoms with Gasteiger partial charge in [0.15, 0.2) is 0 Å². The Kier molecular flexibility index (Phi) is 4.81. The Morgan fingerprint density at radius 1 is 1.19 bits per heavy atom. The molecule has 1 rings (SSSR count). The number of ether oxygens (including phenoxy) is 1. The number of aliphatic hydroxyl groups is 1. The van der Waals surface area contributed by atoms with E-state index >= 15 is 0 Å². The van der Waals surface area contributed by atoms with Crippen LogP contribution in [0.25, 0.3) is 0 Å². The molecule has 0 aliphatic rings. The van der Waals surface area contributed by atoms with Gasteiger partial charge in [-0.3, -0.25) is 0 Å². The Labute approximate surface area is 98.3 Å². The summed E-state index contributed by atoms with van der Waals surface area (Å²) in [4.78, 5) is 0. The Bertz CT molecular complexity index is 301. The molecule has 0 saturated carbocycles. The molecule has 0 aliphatic heterocycles. The van der Waals surface area contributed by atoms with Crippen LogP contribution in [0.4, 0.5) is 0 Å². The van der Waals surface area contributed by atoms with E-state index in [-0.39, 0.29) is 0 Å². The largest absolute Gasteiger partial charge is 0.493 e. The minimum Gasteiger partial charge on any atom is -0.493 e. The van der Waals surface area contributed by atoms with Crippen molar-refractivity contribution in [3.05, 3.63) is 29.8 Å². The van der Waals surface area contributed by atoms with Gasteiger partial charge in [0.2, 0.25) is 0 Å². The van der Waals surface area contributed by atoms with Gasteiger partial charge in [-0.25, -0.2) is 0 Å². The summed E-state index contributed by atoms with van der Waals surface area (Å²) in [5.41, 5.74) is 0.629. The maximum Gasteiger partial charge on any atom is 0.119 e. The van der Waals surface area contributed by atoms with Crippen LogP contribution in [0, 0.1) is 6.92 Å². The first-order chi connectivity index (χ1) is 7.53. The molecule has 1 N–H and O–H groups in total. The predicted molar refractivity (Wildman–Crippen MR) is 66.8 cm³/mol. The van der Waals surface area contributed by atoms with Crippen LogP contribution < -0.4 is 4.74 Å². The molecular weight excluding hydrogens is 200 g/mol. The Hall–Kier alpha value is -1.02. The van der Waals surface area contributed by atoms with Crippen molar-refractivity contribution in [1.29, 1.82) is 0 Å². The van der Waals surface area contributed by atoms with Gasteiger partial charge in [0.1, 0.15) is 5.75 Å². The highest BCUT2D eigenvalue weighted by atomic mass is 16.5. The normalized spacial score (nSPS) is 14.5. The van der Waals surface area contributed by atoms with E-state index in [0.717, 1.165) is 18.6 Å². The van der Waals surface area contributed by atoms with E-state index in [0.29, 0.717) is 13.0 Å². The van der Waals surface area contributed by atoms with Crippen LogP contribution in [0.5, 0.6) is 5.75 Å². The lowest BCUT2D eigenvalue weighted by atomic mass is 9.97. The van der Waals surface area contributed by atoms with Crippen molar-refractivity contribution in [2.24, 2.45) is 0 Å². The van der Waals surface area contributed by atoms with Gasteiger partial charge in [0.05, 0.1) is 12.2 Å². The van der Waals surface area contributed by atoms with Crippen molar-refractivity contribution < 1.29 is 9.84 Å². The van der Waals surface area contributed by atoms with E-state index in [4.69, 9.17) is 4.74 Å². The van der Waals surface area contributed by atoms with Crippen LogP contribution in [0.1, 0.15) is 38.7 Å². The molecule has 1 atom stereocenters. The van der Waals surface area contributed by atoms with Gasteiger partial charge in [0, 0.05) is 6.42 Å². The summed E-state index contributed by atoms with van der Waals surface area (Å²) in [5.74, 6) is 0.873. The van der Waals surface area contributed by atoms with E-state index in [1.807, 2.05) is 31.2 Å². The van der Waals surface area contributed by atoms with E-state index in [9.17, 15) is 5.11 Å². The topological polar surface area (TPSA) is 29.5 Å². The molecule has 0 heterocycles. The summed E-state index contributed by atoms with van der Waals surface area (Å²) in [5, 5.41) is 9.96. The number of hydrogen-bond acceptors (Lipinski definition) is 2. The fourth-order valence-corrected chi connectivity index (χ4v) is 1.69. The van der Waals surface area contributed by atoms with E-state index in [2.05, 4.69) is 13.8 Å². The Morgan fingerprint density at radius 2 is 1.81 bits per heavy atom. The number of benzene rings is 1. The van der Waals surface area contributed by atoms with Crippen LogP contribution in [0.3, 0.4) is 0 Å². The monoisotopic (exact) mass is 222 g/mol. The van der Waals surface area contributed by atoms with Crippen LogP contribution >= 0.6 is 0 Å². The molecule has 0 aromatic heterocycles. The first-order valence-electron chi connectivity index (χ1n) is 5.95. The molecule has 2 heteroatoms. The van der Waals surface area contributed by atoms with Gasteiger partial charge in [-0.2, -0.15) is 0 Å². The molecule has 90 valence electrons. The molecule has 1 unspecified atom stereocenters. The zero-order valence-electron chi connectivity index (χ0n) is 10.5. The summed E-state index contributed by atoms with van der Waals surface area (Å²) in [7, 11) is 0. The standard InChI is InChI=1S/C14H22O2/c1-4-9-14(3,15)10-11-16-13-7-5-12(2)6-8-13/h5-8,15H,4,9-11H2,1-3H3. The molecular formula is C14H22O2. The second-order valence-corrected chi connectivity index (χ2v) is 4.66. The summed E-state index contributed by atoms with van der Waals surface area (Å²) in [6.07, 6.45) is 2.50. The summed E-state index contributed by atoms with van der Waals surface area (Å²) < 4.78 is 5.58. The molecule has 1 aromatic carbocycles. The van der Waals surface area contributed by atoms with Crippen LogP contribution in [-0.2, 0) is 0 Å². The minimum absolute atomic E-state index is 0.566. The molecule has 0 spiro atoms. The van der Waals surface area contributed by atoms with Crippen LogP contribution in [-0.4, -0.2) is 17.3 Å². The second kappa shape index (κ2) is 5.90. The van der Waals surface area contributed by atoms with Crippen molar-refractivity contribution in [3.63, 3.8) is 0 Å². The van der Waals surface area contributed by atoms with E-state index in [1.54, 1.807) is 0 Å². The third-order valence-electron chi connectivity index (χ3n) is 2.72. The van der Waals surface area contributed by atoms with Crippen LogP contribution in [0.15, 0.2) is 24.3 Å². The zero-order valence-corrected chi connectivity index (χ0v) is 10.5. The third-order valence-corrected chi connectivity index (χ3v) is 2.72. The van der Waals surface area contributed by atoms with Crippen molar-refractivity contribution in [3.8, 4) is 5.75 Å². The van der Waals surface area contributed by atoms with Crippen LogP contribution in [0.2, 0.25) is 0 Å². The highest BCUT2D eigenvalue weighted by Crippen LogP contribution is 2.18. The van der Waals surface area contributed by atoms with Gasteiger partial charge in [-0.1, -0.05) is 31.0 Å². The molecule has 0 bridgehead atoms. The first-order valence-corrected chi connectivity index (χ1v) is 5.95. The molecule has 16 heavy (non-hydrogen) atoms. The van der Waals surface area contributed by atoms with Gasteiger partial charge in [-0.05, 0) is 32.4 Å². The number of aryl methyl sites for hydroxylation is 1. The number of rotatable bonds is 6. The van der Waals surface area contributed by atoms with Crippen molar-refractivity contribution in [2.45, 2.75) is 45.6 Å². The molecule has 0 amide bonds. The van der Waals surface area contributed by atoms with E-state index in [1.165, 1.54) is 5.56 Å². The average molecular weight is 222 g/mol. The third kappa shape index (κ3) is 4.67. The Morgan fingerprint density at radius 3 is 2.38 bits per heavy atom. The highest BCUT2D eigenvalue weighted by molar-refractivity contribution is 5.26. The fraction of sp³-hybridized carbons (Fsp3) is 0.571. The Balaban J connectivity index is 2.32. The second-order valence-electron chi connectivity index (χ2n) is 4.66. The summed E-state index contributed by atoms with van der Waals surface area (Å²) in [6, 6.07) is 7.98. The molecule has 1 aromatic rings. The average Bonchev–Trinajstić information content (AvgIpc) is 2.20. The lowest BCUT2D eigenvalue weighted by Gasteiger charge is -2.22. The first kappa shape index (κ1) is 13.0. The molecule has 2 nitrogen and oxygen atoms in total. The molecule has 0 radical (unpaired) electrons. The van der Waals surface area contributed by atoms with Gasteiger partial charge < -0.3 is 9.84 Å². The molecule has 0 aliphatic carbocycles. The van der Waals surface area contributed by atoms with Crippen molar-refractivity contribution in [2.75, 3.05) is 6.61 Å². The minimum atomic E-state index is -0.598. The molecule has 0 fully saturated rings. The van der Waals surface area contributed by atoms with Crippen molar-refractivity contribution >= 4 is 0 Å². The maximum atomic E-state index is 9.96. The maximum absolute atomic E-state index is 9.96. The lowest BCUT2D eigenvalue weighted by molar-refractivity contribution is 0.0281. The van der Waals surface area contributed by atoms with Gasteiger partial charge in [-0.15, -0.1) is 0 Å². The number of hydrogen-bond donors (Lipinski definition) is 1. The lowest BCUT2D eigenvalue weighted by Crippen LogP contribution is -2.26. The fourth-order valence-electron chi connectivity index (χ4n) is 1.69. The summed E-state index contributed by atoms with van der Waals surface area (Å²) in [6.45, 7) is 6.57.